The molecular formula is C15H35N2O4S+. The molecule has 22 heavy (non-hydrogen) atoms. The van der Waals surface area contributed by atoms with E-state index in [2.05, 4.69) is 19.4 Å². The van der Waals surface area contributed by atoms with Crippen molar-refractivity contribution in [1.82, 2.24) is 5.32 Å². The molecule has 0 spiro atoms. The lowest BCUT2D eigenvalue weighted by molar-refractivity contribution is -0.890. The second kappa shape index (κ2) is 9.08. The van der Waals surface area contributed by atoms with Gasteiger partial charge in [0.2, 0.25) is 5.91 Å². The van der Waals surface area contributed by atoms with Gasteiger partial charge in [-0.25, -0.2) is 0 Å². The highest BCUT2D eigenvalue weighted by atomic mass is 32.3. The molecule has 0 atom stereocenters. The zero-order valence-electron chi connectivity index (χ0n) is 14.8. The van der Waals surface area contributed by atoms with Crippen LogP contribution in [-0.2, 0) is 4.79 Å². The number of unbranched alkanes of at least 4 members (excludes halogenated alkanes) is 1. The van der Waals surface area contributed by atoms with Crippen molar-refractivity contribution in [2.24, 2.45) is 5.41 Å². The lowest BCUT2D eigenvalue weighted by Gasteiger charge is -2.30. The predicted molar refractivity (Wildman–Crippen MR) is 93.1 cm³/mol. The van der Waals surface area contributed by atoms with Gasteiger partial charge in [0.15, 0.2) is 0 Å². The minimum absolute atomic E-state index is 0.0508. The third-order valence-corrected chi connectivity index (χ3v) is 4.99. The molecule has 6 nitrogen and oxygen atoms in total. The van der Waals surface area contributed by atoms with Crippen LogP contribution in [0.15, 0.2) is 0 Å². The van der Waals surface area contributed by atoms with Gasteiger partial charge in [-0.3, -0.25) is 4.79 Å². The Bertz CT molecular complexity index is 341. The van der Waals surface area contributed by atoms with Crippen LogP contribution in [0.4, 0.5) is 0 Å². The summed E-state index contributed by atoms with van der Waals surface area (Å²) in [6.07, 6.45) is 3.17. The molecule has 0 aromatic carbocycles. The molecule has 134 valence electrons. The minimum Gasteiger partial charge on any atom is -0.355 e. The van der Waals surface area contributed by atoms with Crippen molar-refractivity contribution in [2.45, 2.75) is 46.5 Å². The summed E-state index contributed by atoms with van der Waals surface area (Å²) >= 11 is 0. The fourth-order valence-electron chi connectivity index (χ4n) is 2.06. The average molecular weight is 340 g/mol. The SMILES string of the molecule is CCC(C)(C)C(=O)NCCC[N+](C)(C)CCCCS(O)(O)O. The molecule has 0 aliphatic carbocycles. The smallest absolute Gasteiger partial charge is 0.225 e. The molecule has 0 bridgehead atoms. The van der Waals surface area contributed by atoms with Crippen LogP contribution in [0.1, 0.15) is 46.5 Å². The molecule has 0 aromatic heterocycles. The fourth-order valence-corrected chi connectivity index (χ4v) is 2.65. The van der Waals surface area contributed by atoms with Crippen LogP contribution in [0.2, 0.25) is 0 Å². The standard InChI is InChI=1S/C15H34N2O4S/c1-6-15(2,3)14(18)16-10-9-12-17(4,5)11-7-8-13-22(19,20)21/h6-13H2,1-5H3,(H3-,16,18,19,20,21)/p+1. The fraction of sp³-hybridized carbons (Fsp3) is 0.933. The highest BCUT2D eigenvalue weighted by Crippen LogP contribution is 2.33. The van der Waals surface area contributed by atoms with Crippen molar-refractivity contribution < 1.29 is 22.9 Å². The van der Waals surface area contributed by atoms with E-state index in [1.54, 1.807) is 0 Å². The zero-order chi connectivity index (χ0) is 17.4. The summed E-state index contributed by atoms with van der Waals surface area (Å²) in [7, 11) is 0.896. The molecule has 0 fully saturated rings. The number of nitrogens with zero attached hydrogens (tertiary/aromatic N) is 1. The summed E-state index contributed by atoms with van der Waals surface area (Å²) in [4.78, 5) is 11.9. The summed E-state index contributed by atoms with van der Waals surface area (Å²) < 4.78 is 27.5. The summed E-state index contributed by atoms with van der Waals surface area (Å²) in [5.41, 5.74) is -0.307. The van der Waals surface area contributed by atoms with Crippen molar-refractivity contribution in [1.29, 1.82) is 0 Å². The number of carbonyl (C=O) groups excluding carboxylic acids is 1. The molecule has 0 aliphatic rings. The lowest BCUT2D eigenvalue weighted by Crippen LogP contribution is -2.43. The van der Waals surface area contributed by atoms with E-state index in [9.17, 15) is 4.79 Å². The molecule has 1 amide bonds. The van der Waals surface area contributed by atoms with E-state index in [1.165, 1.54) is 0 Å². The number of quaternary nitrogens is 1. The van der Waals surface area contributed by atoms with E-state index >= 15 is 0 Å². The van der Waals surface area contributed by atoms with Crippen LogP contribution in [0, 0.1) is 5.41 Å². The van der Waals surface area contributed by atoms with Crippen LogP contribution in [0.5, 0.6) is 0 Å². The van der Waals surface area contributed by atoms with Gasteiger partial charge in [-0.15, -0.1) is 0 Å². The van der Waals surface area contributed by atoms with Gasteiger partial charge >= 0.3 is 0 Å². The second-order valence-corrected chi connectivity index (χ2v) is 8.95. The second-order valence-electron chi connectivity index (χ2n) is 7.27. The van der Waals surface area contributed by atoms with Gasteiger partial charge in [-0.1, -0.05) is 20.8 Å². The topological polar surface area (TPSA) is 89.8 Å². The molecule has 0 heterocycles. The Morgan fingerprint density at radius 3 is 2.14 bits per heavy atom. The van der Waals surface area contributed by atoms with E-state index in [1.807, 2.05) is 20.8 Å². The summed E-state index contributed by atoms with van der Waals surface area (Å²) in [5, 5.41) is 2.99. The van der Waals surface area contributed by atoms with Crippen molar-refractivity contribution in [3.63, 3.8) is 0 Å². The third kappa shape index (κ3) is 10.4. The molecule has 0 saturated heterocycles. The van der Waals surface area contributed by atoms with E-state index in [0.29, 0.717) is 13.0 Å². The van der Waals surface area contributed by atoms with E-state index < -0.39 is 10.9 Å². The van der Waals surface area contributed by atoms with Crippen molar-refractivity contribution >= 4 is 16.8 Å². The zero-order valence-corrected chi connectivity index (χ0v) is 15.6. The van der Waals surface area contributed by atoms with Crippen LogP contribution < -0.4 is 5.32 Å². The number of hydrogen-bond acceptors (Lipinski definition) is 4. The number of amides is 1. The quantitative estimate of drug-likeness (QED) is 0.344. The van der Waals surface area contributed by atoms with Gasteiger partial charge in [0.25, 0.3) is 0 Å². The predicted octanol–water partition coefficient (Wildman–Crippen LogP) is 3.01. The monoisotopic (exact) mass is 339 g/mol. The maximum absolute atomic E-state index is 11.9. The Morgan fingerprint density at radius 1 is 1.09 bits per heavy atom. The number of carbonyl (C=O) groups is 1. The van der Waals surface area contributed by atoms with Gasteiger partial charge in [-0.05, 0) is 19.3 Å². The largest absolute Gasteiger partial charge is 0.355 e. The van der Waals surface area contributed by atoms with Gasteiger partial charge in [0.05, 0.1) is 38.1 Å². The van der Waals surface area contributed by atoms with E-state index in [0.717, 1.165) is 36.8 Å². The Balaban J connectivity index is 3.87. The molecule has 4 N–H and O–H groups in total. The van der Waals surface area contributed by atoms with Crippen LogP contribution >= 0.6 is 10.9 Å². The molecule has 0 rings (SSSR count). The molecule has 0 aromatic rings. The van der Waals surface area contributed by atoms with Crippen LogP contribution in [-0.4, -0.2) is 63.5 Å². The Labute approximate surface area is 137 Å². The van der Waals surface area contributed by atoms with Gasteiger partial charge in [-0.2, -0.15) is 0 Å². The molecular weight excluding hydrogens is 304 g/mol. The minimum atomic E-state index is -3.34. The normalized spacial score (nSPS) is 14.0. The molecule has 0 unspecified atom stereocenters. The number of rotatable bonds is 11. The first kappa shape index (κ1) is 21.7. The summed E-state index contributed by atoms with van der Waals surface area (Å²) in [5.74, 6) is 0.156. The number of hydrogen-bond donors (Lipinski definition) is 4. The third-order valence-electron chi connectivity index (χ3n) is 4.16. The molecule has 7 heteroatoms. The van der Waals surface area contributed by atoms with Crippen molar-refractivity contribution in [3.05, 3.63) is 0 Å². The first-order valence-corrected chi connectivity index (χ1v) is 9.65. The lowest BCUT2D eigenvalue weighted by atomic mass is 9.89. The van der Waals surface area contributed by atoms with Gasteiger partial charge < -0.3 is 23.5 Å². The first-order chi connectivity index (χ1) is 9.90. The average Bonchev–Trinajstić information content (AvgIpc) is 2.38. The highest BCUT2D eigenvalue weighted by molar-refractivity contribution is 8.19. The Kier molecular flexibility index (Phi) is 8.94. The van der Waals surface area contributed by atoms with Crippen LogP contribution in [0.3, 0.4) is 0 Å². The van der Waals surface area contributed by atoms with Gasteiger partial charge in [0.1, 0.15) is 0 Å². The summed E-state index contributed by atoms with van der Waals surface area (Å²) in [6.45, 7) is 8.45. The van der Waals surface area contributed by atoms with Gasteiger partial charge in [0, 0.05) is 24.1 Å². The first-order valence-electron chi connectivity index (χ1n) is 7.98. The summed E-state index contributed by atoms with van der Waals surface area (Å²) in [6, 6.07) is 0. The maximum Gasteiger partial charge on any atom is 0.225 e. The van der Waals surface area contributed by atoms with Crippen molar-refractivity contribution in [3.8, 4) is 0 Å². The Morgan fingerprint density at radius 2 is 1.64 bits per heavy atom. The van der Waals surface area contributed by atoms with Crippen LogP contribution in [0.25, 0.3) is 0 Å². The highest BCUT2D eigenvalue weighted by Gasteiger charge is 2.24. The molecule has 0 radical (unpaired) electrons. The molecule has 0 aliphatic heterocycles. The number of nitrogens with one attached hydrogen (secondary N) is 1. The molecule has 0 saturated carbocycles. The van der Waals surface area contributed by atoms with E-state index in [4.69, 9.17) is 13.7 Å². The Hall–Kier alpha value is -0.340. The maximum atomic E-state index is 11.9. The van der Waals surface area contributed by atoms with E-state index in [-0.39, 0.29) is 17.1 Å². The van der Waals surface area contributed by atoms with Crippen molar-refractivity contribution in [2.75, 3.05) is 39.5 Å².